The summed E-state index contributed by atoms with van der Waals surface area (Å²) in [5, 5.41) is 6.99. The molecule has 0 aliphatic carbocycles. The van der Waals surface area contributed by atoms with Gasteiger partial charge >= 0.3 is 0 Å². The predicted octanol–water partition coefficient (Wildman–Crippen LogP) is 1.07. The maximum atomic E-state index is 5.56. The molecule has 0 rings (SSSR count). The molecule has 0 spiro atoms. The van der Waals surface area contributed by atoms with Crippen LogP contribution in [-0.4, -0.2) is 88.3 Å². The largest absolute Gasteiger partial charge is 0.330 e. The normalized spacial score (nSPS) is 11.8. The second-order valence-corrected chi connectivity index (χ2v) is 7.12. The Morgan fingerprint density at radius 2 is 1.27 bits per heavy atom. The van der Waals surface area contributed by atoms with E-state index in [0.717, 1.165) is 71.9 Å². The molecule has 0 aromatic heterocycles. The lowest BCUT2D eigenvalue weighted by Gasteiger charge is -2.27. The fourth-order valence-electron chi connectivity index (χ4n) is 3.03. The predicted molar refractivity (Wildman–Crippen MR) is 116 cm³/mol. The van der Waals surface area contributed by atoms with Crippen LogP contribution in [0.4, 0.5) is 0 Å². The van der Waals surface area contributed by atoms with Gasteiger partial charge in [-0.1, -0.05) is 33.1 Å². The molecule has 0 fully saturated rings. The summed E-state index contributed by atoms with van der Waals surface area (Å²) in [7, 11) is 0. The van der Waals surface area contributed by atoms with Gasteiger partial charge in [-0.2, -0.15) is 0 Å². The number of nitrogens with two attached hydrogens (primary N) is 2. The van der Waals surface area contributed by atoms with Gasteiger partial charge in [0.25, 0.3) is 0 Å². The van der Waals surface area contributed by atoms with Gasteiger partial charge in [-0.25, -0.2) is 0 Å². The molecule has 0 unspecified atom stereocenters. The summed E-state index contributed by atoms with van der Waals surface area (Å²) in [4.78, 5) is 5.18. The van der Waals surface area contributed by atoms with E-state index in [1.165, 1.54) is 45.2 Å². The molecule has 158 valence electrons. The lowest BCUT2D eigenvalue weighted by molar-refractivity contribution is 0.206. The molecule has 0 bridgehead atoms. The number of nitrogens with one attached hydrogen (secondary N) is 2. The monoisotopic (exact) mass is 372 g/mol. The van der Waals surface area contributed by atoms with Crippen molar-refractivity contribution in [2.24, 2.45) is 11.5 Å². The fourth-order valence-corrected chi connectivity index (χ4v) is 3.03. The van der Waals surface area contributed by atoms with E-state index < -0.39 is 0 Å². The zero-order chi connectivity index (χ0) is 19.3. The first-order valence-electron chi connectivity index (χ1n) is 11.0. The Bertz CT molecular complexity index is 265. The molecule has 6 N–H and O–H groups in total. The molecule has 0 atom stereocenters. The van der Waals surface area contributed by atoms with Crippen LogP contribution in [0.2, 0.25) is 0 Å². The molecular formula is C20H48N6. The zero-order valence-electron chi connectivity index (χ0n) is 17.8. The van der Waals surface area contributed by atoms with Crippen molar-refractivity contribution >= 4 is 0 Å². The Balaban J connectivity index is 3.92. The highest BCUT2D eigenvalue weighted by molar-refractivity contribution is 4.66. The van der Waals surface area contributed by atoms with Crippen LogP contribution in [0.25, 0.3) is 0 Å². The van der Waals surface area contributed by atoms with Crippen molar-refractivity contribution < 1.29 is 0 Å². The van der Waals surface area contributed by atoms with E-state index in [9.17, 15) is 0 Å². The third-order valence-electron chi connectivity index (χ3n) is 4.85. The minimum Gasteiger partial charge on any atom is -0.330 e. The minimum absolute atomic E-state index is 0.721. The van der Waals surface area contributed by atoms with Crippen LogP contribution in [0, 0.1) is 0 Å². The van der Waals surface area contributed by atoms with Gasteiger partial charge in [0.1, 0.15) is 0 Å². The Labute approximate surface area is 163 Å². The van der Waals surface area contributed by atoms with Gasteiger partial charge in [-0.3, -0.25) is 0 Å². The fraction of sp³-hybridized carbons (Fsp3) is 1.00. The summed E-state index contributed by atoms with van der Waals surface area (Å²) in [6, 6.07) is 0. The van der Waals surface area contributed by atoms with Crippen molar-refractivity contribution in [3.63, 3.8) is 0 Å². The molecule has 0 saturated carbocycles. The lowest BCUT2D eigenvalue weighted by Crippen LogP contribution is -2.41. The summed E-state index contributed by atoms with van der Waals surface area (Å²) in [5.41, 5.74) is 11.1. The van der Waals surface area contributed by atoms with Gasteiger partial charge < -0.3 is 31.9 Å². The van der Waals surface area contributed by atoms with Gasteiger partial charge in [0.05, 0.1) is 0 Å². The van der Waals surface area contributed by atoms with Crippen LogP contribution >= 0.6 is 0 Å². The number of unbranched alkanes of at least 4 members (excludes halogenated alkanes) is 4. The first-order chi connectivity index (χ1) is 12.8. The molecule has 6 heteroatoms. The Hall–Kier alpha value is -0.240. The number of likely N-dealkylation sites (N-methyl/N-ethyl adjacent to an activating group) is 1. The van der Waals surface area contributed by atoms with Crippen molar-refractivity contribution in [2.45, 2.75) is 52.4 Å². The van der Waals surface area contributed by atoms with E-state index in [1.54, 1.807) is 0 Å². The Kier molecular flexibility index (Phi) is 20.9. The first-order valence-corrected chi connectivity index (χ1v) is 11.0. The molecule has 6 nitrogen and oxygen atoms in total. The average Bonchev–Trinajstić information content (AvgIpc) is 2.66. The van der Waals surface area contributed by atoms with Crippen LogP contribution in [0.5, 0.6) is 0 Å². The quantitative estimate of drug-likeness (QED) is 0.226. The number of nitrogens with zero attached hydrogens (tertiary/aromatic N) is 2. The van der Waals surface area contributed by atoms with E-state index in [-0.39, 0.29) is 0 Å². The Morgan fingerprint density at radius 1 is 0.577 bits per heavy atom. The second kappa shape index (κ2) is 21.1. The minimum atomic E-state index is 0.721. The maximum Gasteiger partial charge on any atom is 0.0110 e. The summed E-state index contributed by atoms with van der Waals surface area (Å²) in [6.07, 6.45) is 7.56. The molecule has 0 amide bonds. The third-order valence-corrected chi connectivity index (χ3v) is 4.85. The van der Waals surface area contributed by atoms with Crippen molar-refractivity contribution in [1.29, 1.82) is 0 Å². The topological polar surface area (TPSA) is 82.6 Å². The number of hydrogen-bond acceptors (Lipinski definition) is 6. The smallest absolute Gasteiger partial charge is 0.0110 e. The average molecular weight is 373 g/mol. The van der Waals surface area contributed by atoms with Crippen molar-refractivity contribution in [3.05, 3.63) is 0 Å². The molecule has 0 aliphatic rings. The molecular weight excluding hydrogens is 324 g/mol. The van der Waals surface area contributed by atoms with E-state index >= 15 is 0 Å². The maximum absolute atomic E-state index is 5.56. The second-order valence-electron chi connectivity index (χ2n) is 7.12. The third kappa shape index (κ3) is 17.2. The molecule has 0 aromatic rings. The summed E-state index contributed by atoms with van der Waals surface area (Å²) in [6.45, 7) is 17.2. The van der Waals surface area contributed by atoms with Crippen molar-refractivity contribution in [2.75, 3.05) is 78.5 Å². The molecule has 0 saturated heterocycles. The highest BCUT2D eigenvalue weighted by Gasteiger charge is 2.08. The van der Waals surface area contributed by atoms with Crippen LogP contribution < -0.4 is 22.1 Å². The van der Waals surface area contributed by atoms with E-state index in [4.69, 9.17) is 11.5 Å². The molecule has 26 heavy (non-hydrogen) atoms. The van der Waals surface area contributed by atoms with Gasteiger partial charge in [0, 0.05) is 52.4 Å². The van der Waals surface area contributed by atoms with Crippen molar-refractivity contribution in [3.8, 4) is 0 Å². The van der Waals surface area contributed by atoms with Crippen molar-refractivity contribution in [1.82, 2.24) is 20.4 Å². The first kappa shape index (κ1) is 25.8. The van der Waals surface area contributed by atoms with Crippen LogP contribution in [0.15, 0.2) is 0 Å². The SMILES string of the molecule is CCCCCN(CCNCCN)CCN(CC)CCNCCCCCN. The molecule has 0 radical (unpaired) electrons. The number of hydrogen-bond donors (Lipinski definition) is 4. The Morgan fingerprint density at radius 3 is 1.92 bits per heavy atom. The van der Waals surface area contributed by atoms with Crippen LogP contribution in [0.1, 0.15) is 52.4 Å². The molecule has 0 aromatic carbocycles. The molecule has 0 aliphatic heterocycles. The highest BCUT2D eigenvalue weighted by Crippen LogP contribution is 1.99. The van der Waals surface area contributed by atoms with Gasteiger partial charge in [0.15, 0.2) is 0 Å². The standard InChI is InChI=1S/C20H48N6/c1-3-5-9-16-26(18-15-24-13-11-22)20-19-25(4-2)17-14-23-12-8-6-7-10-21/h23-24H,3-22H2,1-2H3. The highest BCUT2D eigenvalue weighted by atomic mass is 15.2. The lowest BCUT2D eigenvalue weighted by atomic mass is 10.2. The van der Waals surface area contributed by atoms with Gasteiger partial charge in [-0.05, 0) is 45.4 Å². The van der Waals surface area contributed by atoms with E-state index in [1.807, 2.05) is 0 Å². The van der Waals surface area contributed by atoms with E-state index in [2.05, 4.69) is 34.3 Å². The molecule has 0 heterocycles. The van der Waals surface area contributed by atoms with Crippen LogP contribution in [-0.2, 0) is 0 Å². The van der Waals surface area contributed by atoms with Gasteiger partial charge in [0.2, 0.25) is 0 Å². The number of rotatable bonds is 21. The van der Waals surface area contributed by atoms with Crippen LogP contribution in [0.3, 0.4) is 0 Å². The zero-order valence-corrected chi connectivity index (χ0v) is 17.8. The summed E-state index contributed by atoms with van der Waals surface area (Å²) in [5.74, 6) is 0. The summed E-state index contributed by atoms with van der Waals surface area (Å²) >= 11 is 0. The van der Waals surface area contributed by atoms with E-state index in [0.29, 0.717) is 0 Å². The summed E-state index contributed by atoms with van der Waals surface area (Å²) < 4.78 is 0. The van der Waals surface area contributed by atoms with Gasteiger partial charge in [-0.15, -0.1) is 0 Å².